The molecule has 4 aromatic carbocycles. The number of nitrogens with one attached hydrogen (secondary N) is 1. The lowest BCUT2D eigenvalue weighted by molar-refractivity contribution is -0.129. The Hall–Kier alpha value is -3.89. The van der Waals surface area contributed by atoms with Gasteiger partial charge in [0.15, 0.2) is 21.5 Å². The average Bonchev–Trinajstić information content (AvgIpc) is 3.49. The SMILES string of the molecule is O=C(NCCCCc1ccccc1)[C@]1(CCS(=O)(=O)c2ccccc2)N=C(c2ccc(OCCCO)cc2)O[C@@H]1c1ccc(Cl)cc1Cl. The molecule has 2 N–H and O–H groups in total. The van der Waals surface area contributed by atoms with Crippen LogP contribution in [0.2, 0.25) is 10.0 Å². The van der Waals surface area contributed by atoms with E-state index >= 15 is 0 Å². The zero-order valence-electron chi connectivity index (χ0n) is 26.4. The first-order valence-corrected chi connectivity index (χ1v) is 18.3. The Morgan fingerprint density at radius 3 is 2.31 bits per heavy atom. The predicted molar refractivity (Wildman–Crippen MR) is 189 cm³/mol. The summed E-state index contributed by atoms with van der Waals surface area (Å²) in [6.45, 7) is 0.744. The molecule has 0 unspecified atom stereocenters. The molecule has 0 saturated heterocycles. The summed E-state index contributed by atoms with van der Waals surface area (Å²) in [5, 5.41) is 12.8. The molecule has 1 amide bonds. The van der Waals surface area contributed by atoms with Gasteiger partial charge in [-0.05, 0) is 73.4 Å². The number of carbonyl (C=O) groups is 1. The van der Waals surface area contributed by atoms with E-state index in [0.717, 1.165) is 12.8 Å². The van der Waals surface area contributed by atoms with Gasteiger partial charge in [0.05, 0.1) is 17.3 Å². The fourth-order valence-electron chi connectivity index (χ4n) is 5.55. The minimum atomic E-state index is -3.79. The first kappa shape index (κ1) is 35.4. The van der Waals surface area contributed by atoms with Crippen LogP contribution in [0.25, 0.3) is 0 Å². The number of carbonyl (C=O) groups excluding carboxylic acids is 1. The van der Waals surface area contributed by atoms with Gasteiger partial charge in [-0.1, -0.05) is 77.8 Å². The third-order valence-electron chi connectivity index (χ3n) is 8.15. The minimum Gasteiger partial charge on any atom is -0.494 e. The van der Waals surface area contributed by atoms with Gasteiger partial charge in [0.25, 0.3) is 5.91 Å². The van der Waals surface area contributed by atoms with Gasteiger partial charge in [-0.3, -0.25) is 4.79 Å². The van der Waals surface area contributed by atoms with Gasteiger partial charge in [0.1, 0.15) is 5.75 Å². The van der Waals surface area contributed by atoms with Crippen molar-refractivity contribution in [2.75, 3.05) is 25.5 Å². The van der Waals surface area contributed by atoms with Crippen molar-refractivity contribution in [2.45, 2.75) is 48.6 Å². The molecule has 0 spiro atoms. The van der Waals surface area contributed by atoms with Crippen LogP contribution >= 0.6 is 23.2 Å². The molecule has 11 heteroatoms. The maximum absolute atomic E-state index is 14.4. The van der Waals surface area contributed by atoms with Crippen molar-refractivity contribution in [1.82, 2.24) is 5.32 Å². The van der Waals surface area contributed by atoms with Crippen molar-refractivity contribution in [3.05, 3.63) is 130 Å². The van der Waals surface area contributed by atoms with E-state index in [1.807, 2.05) is 18.2 Å². The summed E-state index contributed by atoms with van der Waals surface area (Å²) in [7, 11) is -3.79. The maximum Gasteiger partial charge on any atom is 0.252 e. The van der Waals surface area contributed by atoms with Crippen LogP contribution in [0.1, 0.15) is 48.5 Å². The van der Waals surface area contributed by atoms with Crippen LogP contribution in [0, 0.1) is 0 Å². The lowest BCUT2D eigenvalue weighted by Crippen LogP contribution is -2.49. The molecule has 252 valence electrons. The zero-order chi connectivity index (χ0) is 34.0. The predicted octanol–water partition coefficient (Wildman–Crippen LogP) is 7.01. The molecule has 48 heavy (non-hydrogen) atoms. The summed E-state index contributed by atoms with van der Waals surface area (Å²) < 4.78 is 39.2. The van der Waals surface area contributed by atoms with E-state index in [9.17, 15) is 13.2 Å². The number of unbranched alkanes of at least 4 members (excludes halogenated alkanes) is 1. The summed E-state index contributed by atoms with van der Waals surface area (Å²) in [5.41, 5.74) is 0.569. The lowest BCUT2D eigenvalue weighted by atomic mass is 9.85. The molecule has 0 fully saturated rings. The molecule has 0 aromatic heterocycles. The average molecular weight is 710 g/mol. The number of amides is 1. The highest BCUT2D eigenvalue weighted by Gasteiger charge is 2.54. The molecule has 4 aromatic rings. The molecular weight excluding hydrogens is 671 g/mol. The van der Waals surface area contributed by atoms with E-state index < -0.39 is 27.4 Å². The highest BCUT2D eigenvalue weighted by molar-refractivity contribution is 7.91. The first-order chi connectivity index (χ1) is 23.2. The number of aliphatic imine (C=N–C) groups is 1. The smallest absolute Gasteiger partial charge is 0.252 e. The van der Waals surface area contributed by atoms with Crippen molar-refractivity contribution in [3.63, 3.8) is 0 Å². The van der Waals surface area contributed by atoms with Gasteiger partial charge in [-0.2, -0.15) is 0 Å². The Balaban J connectivity index is 1.48. The highest BCUT2D eigenvalue weighted by Crippen LogP contribution is 2.45. The molecule has 1 aliphatic heterocycles. The van der Waals surface area contributed by atoms with Crippen molar-refractivity contribution in [2.24, 2.45) is 4.99 Å². The van der Waals surface area contributed by atoms with Gasteiger partial charge in [0, 0.05) is 47.2 Å². The number of nitrogens with zero attached hydrogens (tertiary/aromatic N) is 1. The monoisotopic (exact) mass is 708 g/mol. The number of ether oxygens (including phenoxy) is 2. The van der Waals surface area contributed by atoms with Crippen LogP contribution < -0.4 is 10.1 Å². The molecule has 0 bridgehead atoms. The van der Waals surface area contributed by atoms with E-state index in [1.165, 1.54) is 17.7 Å². The van der Waals surface area contributed by atoms with Gasteiger partial charge in [-0.15, -0.1) is 0 Å². The van der Waals surface area contributed by atoms with Crippen molar-refractivity contribution < 1.29 is 27.8 Å². The first-order valence-electron chi connectivity index (χ1n) is 15.9. The molecular formula is C37H38Cl2N2O6S. The fraction of sp³-hybridized carbons (Fsp3) is 0.297. The van der Waals surface area contributed by atoms with E-state index in [0.29, 0.717) is 47.9 Å². The van der Waals surface area contributed by atoms with Crippen LogP contribution in [0.3, 0.4) is 0 Å². The fourth-order valence-corrected chi connectivity index (χ4v) is 7.45. The summed E-state index contributed by atoms with van der Waals surface area (Å²) in [4.78, 5) is 19.5. The molecule has 0 saturated carbocycles. The van der Waals surface area contributed by atoms with Crippen molar-refractivity contribution >= 4 is 44.8 Å². The largest absolute Gasteiger partial charge is 0.494 e. The maximum atomic E-state index is 14.4. The number of sulfone groups is 1. The Morgan fingerprint density at radius 1 is 0.917 bits per heavy atom. The number of hydrogen-bond donors (Lipinski definition) is 2. The van der Waals surface area contributed by atoms with E-state index in [4.69, 9.17) is 42.8 Å². The molecule has 8 nitrogen and oxygen atoms in total. The van der Waals surface area contributed by atoms with Crippen LogP contribution in [0.4, 0.5) is 0 Å². The Morgan fingerprint density at radius 2 is 1.62 bits per heavy atom. The number of aryl methyl sites for hydroxylation is 1. The molecule has 0 radical (unpaired) electrons. The molecule has 2 atom stereocenters. The topological polar surface area (TPSA) is 114 Å². The number of halogens is 2. The standard InChI is InChI=1S/C37H38Cl2N2O6S/c38-29-17-20-32(33(39)26-29)34-37(21-25-48(44,45)31-13-5-2-6-14-31,36(43)40-22-8-7-12-27-10-3-1-4-11-27)41-35(47-34)28-15-18-30(19-16-28)46-24-9-23-42/h1-6,10-11,13-20,26,34,42H,7-9,12,21-25H2,(H,40,43)/t34-,37-/m1/s1. The molecule has 0 aliphatic carbocycles. The van der Waals surface area contributed by atoms with E-state index in [-0.39, 0.29) is 34.6 Å². The zero-order valence-corrected chi connectivity index (χ0v) is 28.7. The van der Waals surface area contributed by atoms with Gasteiger partial charge in [-0.25, -0.2) is 13.4 Å². The summed E-state index contributed by atoms with van der Waals surface area (Å²) in [6, 6.07) is 30.1. The molecule has 5 rings (SSSR count). The number of hydrogen-bond acceptors (Lipinski definition) is 7. The van der Waals surface area contributed by atoms with Crippen LogP contribution in [-0.2, 0) is 25.8 Å². The second kappa shape index (κ2) is 16.5. The second-order valence-corrected chi connectivity index (χ2v) is 14.5. The number of aliphatic hydroxyl groups excluding tert-OH is 1. The van der Waals surface area contributed by atoms with E-state index in [2.05, 4.69) is 17.4 Å². The number of benzene rings is 4. The van der Waals surface area contributed by atoms with Gasteiger partial charge in [0.2, 0.25) is 5.90 Å². The third kappa shape index (κ3) is 8.76. The number of rotatable bonds is 16. The van der Waals surface area contributed by atoms with Gasteiger partial charge < -0.3 is 19.9 Å². The van der Waals surface area contributed by atoms with Crippen molar-refractivity contribution in [3.8, 4) is 5.75 Å². The molecule has 1 heterocycles. The van der Waals surface area contributed by atoms with Crippen molar-refractivity contribution in [1.29, 1.82) is 0 Å². The Bertz CT molecular complexity index is 1810. The molecule has 1 aliphatic rings. The highest BCUT2D eigenvalue weighted by atomic mass is 35.5. The minimum absolute atomic E-state index is 0.0224. The summed E-state index contributed by atoms with van der Waals surface area (Å²) in [5.74, 6) is -0.0564. The van der Waals surface area contributed by atoms with E-state index in [1.54, 1.807) is 60.7 Å². The second-order valence-electron chi connectivity index (χ2n) is 11.5. The van der Waals surface area contributed by atoms with Gasteiger partial charge >= 0.3 is 0 Å². The Labute approximate surface area is 291 Å². The summed E-state index contributed by atoms with van der Waals surface area (Å²) in [6.07, 6.45) is 1.70. The Kier molecular flexibility index (Phi) is 12.2. The third-order valence-corrected chi connectivity index (χ3v) is 10.4. The van der Waals surface area contributed by atoms with Crippen LogP contribution in [-0.4, -0.2) is 56.4 Å². The van der Waals surface area contributed by atoms with Crippen LogP contribution in [0.15, 0.2) is 113 Å². The summed E-state index contributed by atoms with van der Waals surface area (Å²) >= 11 is 12.9. The lowest BCUT2D eigenvalue weighted by Gasteiger charge is -2.31. The quantitative estimate of drug-likeness (QED) is 0.121. The normalized spacial score (nSPS) is 17.4. The van der Waals surface area contributed by atoms with Crippen LogP contribution in [0.5, 0.6) is 5.75 Å². The number of aliphatic hydroxyl groups is 1.